The Balaban J connectivity index is 2.89. The molecule has 26 heavy (non-hydrogen) atoms. The fourth-order valence-corrected chi connectivity index (χ4v) is 2.22. The third-order valence-corrected chi connectivity index (χ3v) is 3.24. The van der Waals surface area contributed by atoms with Crippen molar-refractivity contribution in [1.82, 2.24) is 5.32 Å². The number of amides is 1. The minimum Gasteiger partial charge on any atom is -0.490 e. The van der Waals surface area contributed by atoms with Gasteiger partial charge < -0.3 is 19.9 Å². The van der Waals surface area contributed by atoms with Crippen molar-refractivity contribution in [2.45, 2.75) is 52.7 Å². The average molecular weight is 384 g/mol. The number of hydrogen-bond acceptors (Lipinski definition) is 4. The van der Waals surface area contributed by atoms with E-state index in [-0.39, 0.29) is 24.6 Å². The second kappa shape index (κ2) is 9.48. The van der Waals surface area contributed by atoms with Gasteiger partial charge in [0, 0.05) is 22.7 Å². The predicted molar refractivity (Wildman–Crippen MR) is 102 cm³/mol. The minimum atomic E-state index is -1.08. The van der Waals surface area contributed by atoms with Gasteiger partial charge in [-0.3, -0.25) is 0 Å². The lowest BCUT2D eigenvalue weighted by Crippen LogP contribution is -2.33. The molecule has 0 aliphatic rings. The molecule has 0 aromatic heterocycles. The molecule has 0 saturated carbocycles. The lowest BCUT2D eigenvalue weighted by Gasteiger charge is -2.19. The second-order valence-corrected chi connectivity index (χ2v) is 7.44. The van der Waals surface area contributed by atoms with Crippen LogP contribution in [0.5, 0.6) is 5.75 Å². The summed E-state index contributed by atoms with van der Waals surface area (Å²) in [6, 6.07) is 5.02. The lowest BCUT2D eigenvalue weighted by molar-refractivity contribution is -0.132. The number of halogens is 1. The van der Waals surface area contributed by atoms with Gasteiger partial charge in [-0.25, -0.2) is 9.59 Å². The first-order chi connectivity index (χ1) is 12.0. The van der Waals surface area contributed by atoms with Crippen LogP contribution in [-0.2, 0) is 9.53 Å². The summed E-state index contributed by atoms with van der Waals surface area (Å²) >= 11 is 6.02. The zero-order valence-electron chi connectivity index (χ0n) is 15.8. The first kappa shape index (κ1) is 21.8. The summed E-state index contributed by atoms with van der Waals surface area (Å²) in [7, 11) is 0. The Morgan fingerprint density at radius 1 is 1.31 bits per heavy atom. The van der Waals surface area contributed by atoms with E-state index in [2.05, 4.69) is 5.32 Å². The van der Waals surface area contributed by atoms with Crippen molar-refractivity contribution in [3.05, 3.63) is 34.4 Å². The lowest BCUT2D eigenvalue weighted by atomic mass is 10.1. The Labute approximate surface area is 159 Å². The maximum Gasteiger partial charge on any atom is 0.407 e. The average Bonchev–Trinajstić information content (AvgIpc) is 2.46. The van der Waals surface area contributed by atoms with E-state index in [1.54, 1.807) is 39.0 Å². The number of benzene rings is 1. The summed E-state index contributed by atoms with van der Waals surface area (Å²) in [5, 5.41) is 12.5. The molecule has 0 radical (unpaired) electrons. The number of nitrogens with one attached hydrogen (secondary N) is 1. The molecule has 0 unspecified atom stereocenters. The molecule has 144 valence electrons. The normalized spacial score (nSPS) is 12.0. The van der Waals surface area contributed by atoms with Crippen LogP contribution in [0.4, 0.5) is 4.79 Å². The fourth-order valence-electron chi connectivity index (χ4n) is 2.04. The predicted octanol–water partition coefficient (Wildman–Crippen LogP) is 4.51. The number of carboxylic acid groups (broad SMARTS) is 1. The van der Waals surface area contributed by atoms with Gasteiger partial charge in [-0.2, -0.15) is 0 Å². The highest BCUT2D eigenvalue weighted by atomic mass is 35.5. The van der Waals surface area contributed by atoms with E-state index in [1.165, 1.54) is 6.08 Å². The van der Waals surface area contributed by atoms with Crippen LogP contribution >= 0.6 is 11.6 Å². The Morgan fingerprint density at radius 2 is 1.96 bits per heavy atom. The molecule has 1 aromatic rings. The van der Waals surface area contributed by atoms with E-state index in [0.29, 0.717) is 16.3 Å². The van der Waals surface area contributed by atoms with Crippen LogP contribution in [0.15, 0.2) is 23.8 Å². The molecule has 1 amide bonds. The maximum atomic E-state index is 11.7. The van der Waals surface area contributed by atoms with Gasteiger partial charge in [0.15, 0.2) is 0 Å². The highest BCUT2D eigenvalue weighted by Crippen LogP contribution is 2.27. The molecule has 7 heteroatoms. The largest absolute Gasteiger partial charge is 0.490 e. The van der Waals surface area contributed by atoms with Gasteiger partial charge in [0.05, 0.1) is 6.10 Å². The maximum absolute atomic E-state index is 11.7. The summed E-state index contributed by atoms with van der Waals surface area (Å²) in [6.07, 6.45) is 0.976. The van der Waals surface area contributed by atoms with Crippen molar-refractivity contribution >= 4 is 29.7 Å². The molecule has 0 aliphatic carbocycles. The number of rotatable bonds is 7. The standard InChI is InChI=1S/C19H26ClNO5/c1-12(2)25-16-7-6-15(20)11-14(16)10-13(17(22)23)8-9-21-18(24)26-19(3,4)5/h6-7,10-12H,8-9H2,1-5H3,(H,21,24)(H,22,23)/b13-10-. The molecular weight excluding hydrogens is 358 g/mol. The van der Waals surface area contributed by atoms with E-state index in [0.717, 1.165) is 0 Å². The zero-order valence-corrected chi connectivity index (χ0v) is 16.5. The van der Waals surface area contributed by atoms with Gasteiger partial charge in [-0.1, -0.05) is 11.6 Å². The minimum absolute atomic E-state index is 0.0644. The third-order valence-electron chi connectivity index (χ3n) is 3.00. The molecule has 0 saturated heterocycles. The molecule has 1 aromatic carbocycles. The van der Waals surface area contributed by atoms with Crippen LogP contribution in [0.1, 0.15) is 46.6 Å². The van der Waals surface area contributed by atoms with Crippen LogP contribution in [0.25, 0.3) is 6.08 Å². The first-order valence-electron chi connectivity index (χ1n) is 8.35. The number of ether oxygens (including phenoxy) is 2. The molecule has 0 spiro atoms. The van der Waals surface area contributed by atoms with E-state index in [1.807, 2.05) is 13.8 Å². The van der Waals surface area contributed by atoms with E-state index < -0.39 is 17.7 Å². The highest BCUT2D eigenvalue weighted by molar-refractivity contribution is 6.30. The first-order valence-corrected chi connectivity index (χ1v) is 8.72. The van der Waals surface area contributed by atoms with Gasteiger partial charge in [-0.15, -0.1) is 0 Å². The quantitative estimate of drug-likeness (QED) is 0.676. The highest BCUT2D eigenvalue weighted by Gasteiger charge is 2.16. The van der Waals surface area contributed by atoms with Crippen LogP contribution in [-0.4, -0.2) is 35.4 Å². The Bertz CT molecular complexity index is 677. The number of aliphatic carboxylic acids is 1. The molecule has 0 bridgehead atoms. The SMILES string of the molecule is CC(C)Oc1ccc(Cl)cc1/C=C(/CCNC(=O)OC(C)(C)C)C(=O)O. The molecule has 0 aliphatic heterocycles. The van der Waals surface area contributed by atoms with Crippen molar-refractivity contribution in [2.24, 2.45) is 0 Å². The number of hydrogen-bond donors (Lipinski definition) is 2. The van der Waals surface area contributed by atoms with Crippen molar-refractivity contribution in [3.63, 3.8) is 0 Å². The third kappa shape index (κ3) is 8.25. The number of carbonyl (C=O) groups excluding carboxylic acids is 1. The molecule has 0 heterocycles. The summed E-state index contributed by atoms with van der Waals surface area (Å²) in [6.45, 7) is 9.16. The monoisotopic (exact) mass is 383 g/mol. The van der Waals surface area contributed by atoms with E-state index >= 15 is 0 Å². The van der Waals surface area contributed by atoms with Gasteiger partial charge in [-0.05, 0) is 65.3 Å². The summed E-state index contributed by atoms with van der Waals surface area (Å²) in [4.78, 5) is 23.2. The second-order valence-electron chi connectivity index (χ2n) is 7.00. The molecular formula is C19H26ClNO5. The Morgan fingerprint density at radius 3 is 2.50 bits per heavy atom. The van der Waals surface area contributed by atoms with Crippen LogP contribution in [0.3, 0.4) is 0 Å². The van der Waals surface area contributed by atoms with Crippen LogP contribution in [0.2, 0.25) is 5.02 Å². The smallest absolute Gasteiger partial charge is 0.407 e. The number of carbonyl (C=O) groups is 2. The van der Waals surface area contributed by atoms with Crippen molar-refractivity contribution in [1.29, 1.82) is 0 Å². The molecule has 2 N–H and O–H groups in total. The Kier molecular flexibility index (Phi) is 7.96. The van der Waals surface area contributed by atoms with Crippen LogP contribution in [0, 0.1) is 0 Å². The topological polar surface area (TPSA) is 84.9 Å². The fraction of sp³-hybridized carbons (Fsp3) is 0.474. The molecule has 0 fully saturated rings. The van der Waals surface area contributed by atoms with Crippen molar-refractivity contribution in [3.8, 4) is 5.75 Å². The molecule has 0 atom stereocenters. The number of carboxylic acids is 1. The van der Waals surface area contributed by atoms with Gasteiger partial charge in [0.1, 0.15) is 11.4 Å². The van der Waals surface area contributed by atoms with Gasteiger partial charge >= 0.3 is 12.1 Å². The van der Waals surface area contributed by atoms with Gasteiger partial charge in [0.2, 0.25) is 0 Å². The summed E-state index contributed by atoms with van der Waals surface area (Å²) < 4.78 is 10.8. The van der Waals surface area contributed by atoms with Crippen molar-refractivity contribution < 1.29 is 24.2 Å². The molecule has 1 rings (SSSR count). The van der Waals surface area contributed by atoms with Crippen LogP contribution < -0.4 is 10.1 Å². The summed E-state index contributed by atoms with van der Waals surface area (Å²) in [5.41, 5.74) is 0.0807. The van der Waals surface area contributed by atoms with Gasteiger partial charge in [0.25, 0.3) is 0 Å². The molecule has 6 nitrogen and oxygen atoms in total. The van der Waals surface area contributed by atoms with E-state index in [4.69, 9.17) is 21.1 Å². The number of alkyl carbamates (subject to hydrolysis) is 1. The van der Waals surface area contributed by atoms with Crippen molar-refractivity contribution in [2.75, 3.05) is 6.54 Å². The van der Waals surface area contributed by atoms with E-state index in [9.17, 15) is 14.7 Å². The Hall–Kier alpha value is -2.21. The zero-order chi connectivity index (χ0) is 19.9. The summed E-state index contributed by atoms with van der Waals surface area (Å²) in [5.74, 6) is -0.533.